The summed E-state index contributed by atoms with van der Waals surface area (Å²) in [5, 5.41) is 0. The van der Waals surface area contributed by atoms with Crippen molar-refractivity contribution in [2.75, 3.05) is 6.61 Å². The minimum atomic E-state index is 0.680. The number of rotatable bonds is 5. The average Bonchev–Trinajstić information content (AvgIpc) is 2.48. The zero-order chi connectivity index (χ0) is 14.4. The largest absolute Gasteiger partial charge is 0.493 e. The predicted octanol–water partition coefficient (Wildman–Crippen LogP) is 4.61. The van der Waals surface area contributed by atoms with Crippen LogP contribution in [0.4, 0.5) is 0 Å². The predicted molar refractivity (Wildman–Crippen MR) is 85.8 cm³/mol. The molecule has 0 saturated carbocycles. The van der Waals surface area contributed by atoms with E-state index in [1.165, 1.54) is 11.1 Å². The highest BCUT2D eigenvalue weighted by atomic mass is 16.5. The van der Waals surface area contributed by atoms with Gasteiger partial charge in [-0.15, -0.1) is 0 Å². The van der Waals surface area contributed by atoms with Crippen LogP contribution >= 0.6 is 0 Å². The van der Waals surface area contributed by atoms with Crippen LogP contribution < -0.4 is 4.74 Å². The van der Waals surface area contributed by atoms with Crippen LogP contribution in [0.1, 0.15) is 43.4 Å². The van der Waals surface area contributed by atoms with E-state index < -0.39 is 0 Å². The molecule has 1 aromatic rings. The molecular formula is C18H23NO. The van der Waals surface area contributed by atoms with E-state index in [-0.39, 0.29) is 0 Å². The molecule has 0 unspecified atom stereocenters. The van der Waals surface area contributed by atoms with Gasteiger partial charge in [0.2, 0.25) is 0 Å². The van der Waals surface area contributed by atoms with Crippen molar-refractivity contribution in [2.24, 2.45) is 4.99 Å². The van der Waals surface area contributed by atoms with E-state index in [4.69, 9.17) is 4.74 Å². The van der Waals surface area contributed by atoms with Gasteiger partial charge in [0.05, 0.1) is 12.3 Å². The highest BCUT2D eigenvalue weighted by Gasteiger charge is 2.08. The molecule has 0 atom stereocenters. The van der Waals surface area contributed by atoms with Crippen molar-refractivity contribution in [2.45, 2.75) is 40.0 Å². The van der Waals surface area contributed by atoms with Crippen LogP contribution in [0, 0.1) is 6.92 Å². The van der Waals surface area contributed by atoms with E-state index in [1.807, 2.05) is 13.1 Å². The first kappa shape index (κ1) is 14.6. The molecule has 0 saturated heterocycles. The molecule has 0 aromatic heterocycles. The van der Waals surface area contributed by atoms with Crippen LogP contribution in [0.15, 0.2) is 41.1 Å². The number of benzene rings is 1. The summed E-state index contributed by atoms with van der Waals surface area (Å²) < 4.78 is 5.83. The summed E-state index contributed by atoms with van der Waals surface area (Å²) in [5.74, 6) is 0.977. The maximum atomic E-state index is 5.83. The first-order valence-electron chi connectivity index (χ1n) is 7.41. The summed E-state index contributed by atoms with van der Waals surface area (Å²) >= 11 is 0. The van der Waals surface area contributed by atoms with Gasteiger partial charge in [-0.3, -0.25) is 4.99 Å². The van der Waals surface area contributed by atoms with Crippen molar-refractivity contribution in [3.05, 3.63) is 52.7 Å². The van der Waals surface area contributed by atoms with E-state index in [9.17, 15) is 0 Å². The van der Waals surface area contributed by atoms with Crippen LogP contribution in [0.3, 0.4) is 0 Å². The SMILES string of the molecule is CCOc1c(C=NC2=CCCC=C2)cc(C)cc1CC. The lowest BCUT2D eigenvalue weighted by Crippen LogP contribution is -2.01. The number of allylic oxidation sites excluding steroid dienone is 3. The molecule has 0 N–H and O–H groups in total. The summed E-state index contributed by atoms with van der Waals surface area (Å²) in [6.45, 7) is 6.97. The Labute approximate surface area is 121 Å². The van der Waals surface area contributed by atoms with Gasteiger partial charge in [-0.05, 0) is 56.4 Å². The summed E-state index contributed by atoms with van der Waals surface area (Å²) in [5.41, 5.74) is 4.61. The zero-order valence-electron chi connectivity index (χ0n) is 12.6. The minimum Gasteiger partial charge on any atom is -0.493 e. The standard InChI is InChI=1S/C18H23NO/c1-4-15-11-14(3)12-16(18(15)20-5-2)13-19-17-9-7-6-8-10-17/h7,9-13H,4-6,8H2,1-3H3. The van der Waals surface area contributed by atoms with Crippen molar-refractivity contribution >= 4 is 6.21 Å². The fraction of sp³-hybridized carbons (Fsp3) is 0.389. The summed E-state index contributed by atoms with van der Waals surface area (Å²) in [6.07, 6.45) is 11.5. The molecule has 20 heavy (non-hydrogen) atoms. The Bertz CT molecular complexity index is 553. The number of ether oxygens (including phenoxy) is 1. The lowest BCUT2D eigenvalue weighted by Gasteiger charge is -2.13. The molecule has 2 nitrogen and oxygen atoms in total. The molecule has 0 aliphatic heterocycles. The van der Waals surface area contributed by atoms with E-state index in [0.717, 1.165) is 36.3 Å². The molecule has 0 fully saturated rings. The number of hydrogen-bond acceptors (Lipinski definition) is 2. The Balaban J connectivity index is 2.33. The summed E-state index contributed by atoms with van der Waals surface area (Å²) in [7, 11) is 0. The van der Waals surface area contributed by atoms with Gasteiger partial charge in [-0.1, -0.05) is 25.1 Å². The van der Waals surface area contributed by atoms with Crippen LogP contribution in [0.2, 0.25) is 0 Å². The van der Waals surface area contributed by atoms with Gasteiger partial charge in [0.15, 0.2) is 0 Å². The van der Waals surface area contributed by atoms with Crippen molar-refractivity contribution in [1.82, 2.24) is 0 Å². The lowest BCUT2D eigenvalue weighted by atomic mass is 10.0. The Morgan fingerprint density at radius 2 is 2.10 bits per heavy atom. The normalized spacial score (nSPS) is 14.7. The van der Waals surface area contributed by atoms with E-state index >= 15 is 0 Å². The molecule has 2 rings (SSSR count). The van der Waals surface area contributed by atoms with Crippen molar-refractivity contribution in [3.8, 4) is 5.75 Å². The fourth-order valence-corrected chi connectivity index (χ4v) is 2.40. The Hall–Kier alpha value is -1.83. The van der Waals surface area contributed by atoms with Gasteiger partial charge in [0, 0.05) is 11.8 Å². The first-order valence-corrected chi connectivity index (χ1v) is 7.41. The second-order valence-electron chi connectivity index (χ2n) is 5.00. The van der Waals surface area contributed by atoms with Crippen molar-refractivity contribution < 1.29 is 4.74 Å². The van der Waals surface area contributed by atoms with Crippen molar-refractivity contribution in [1.29, 1.82) is 0 Å². The van der Waals surface area contributed by atoms with Crippen molar-refractivity contribution in [3.63, 3.8) is 0 Å². The van der Waals surface area contributed by atoms with Crippen LogP contribution in [-0.4, -0.2) is 12.8 Å². The van der Waals surface area contributed by atoms with E-state index in [2.05, 4.69) is 49.2 Å². The second-order valence-corrected chi connectivity index (χ2v) is 5.00. The molecule has 1 aromatic carbocycles. The number of aliphatic imine (C=N–C) groups is 1. The van der Waals surface area contributed by atoms with Gasteiger partial charge in [-0.2, -0.15) is 0 Å². The lowest BCUT2D eigenvalue weighted by molar-refractivity contribution is 0.336. The smallest absolute Gasteiger partial charge is 0.131 e. The van der Waals surface area contributed by atoms with Crippen LogP contribution in [0.5, 0.6) is 5.75 Å². The van der Waals surface area contributed by atoms with Crippen LogP contribution in [0.25, 0.3) is 0 Å². The van der Waals surface area contributed by atoms with Gasteiger partial charge >= 0.3 is 0 Å². The highest BCUT2D eigenvalue weighted by Crippen LogP contribution is 2.26. The monoisotopic (exact) mass is 269 g/mol. The molecule has 1 aliphatic carbocycles. The molecule has 1 aliphatic rings. The maximum absolute atomic E-state index is 5.83. The summed E-state index contributed by atoms with van der Waals surface area (Å²) in [6, 6.07) is 4.34. The third kappa shape index (κ3) is 3.60. The topological polar surface area (TPSA) is 21.6 Å². The molecule has 0 spiro atoms. The Morgan fingerprint density at radius 3 is 2.75 bits per heavy atom. The van der Waals surface area contributed by atoms with Gasteiger partial charge in [-0.25, -0.2) is 0 Å². The Kier molecular flexibility index (Phi) is 5.16. The number of nitrogens with zero attached hydrogens (tertiary/aromatic N) is 1. The molecular weight excluding hydrogens is 246 g/mol. The van der Waals surface area contributed by atoms with Gasteiger partial charge in [0.1, 0.15) is 5.75 Å². The van der Waals surface area contributed by atoms with Gasteiger partial charge in [0.25, 0.3) is 0 Å². The van der Waals surface area contributed by atoms with E-state index in [1.54, 1.807) is 0 Å². The molecule has 2 heteroatoms. The first-order chi connectivity index (χ1) is 9.74. The second kappa shape index (κ2) is 7.09. The molecule has 0 radical (unpaired) electrons. The number of aryl methyl sites for hydroxylation is 2. The Morgan fingerprint density at radius 1 is 1.25 bits per heavy atom. The minimum absolute atomic E-state index is 0.680. The van der Waals surface area contributed by atoms with E-state index in [0.29, 0.717) is 6.61 Å². The molecule has 0 amide bonds. The van der Waals surface area contributed by atoms with Crippen LogP contribution in [-0.2, 0) is 6.42 Å². The van der Waals surface area contributed by atoms with Gasteiger partial charge < -0.3 is 4.74 Å². The highest BCUT2D eigenvalue weighted by molar-refractivity contribution is 5.85. The third-order valence-corrected chi connectivity index (χ3v) is 3.34. The fourth-order valence-electron chi connectivity index (χ4n) is 2.40. The quantitative estimate of drug-likeness (QED) is 0.715. The zero-order valence-corrected chi connectivity index (χ0v) is 12.6. The average molecular weight is 269 g/mol. The summed E-state index contributed by atoms with van der Waals surface area (Å²) in [4.78, 5) is 4.58. The maximum Gasteiger partial charge on any atom is 0.131 e. The number of hydrogen-bond donors (Lipinski definition) is 0. The third-order valence-electron chi connectivity index (χ3n) is 3.34. The molecule has 0 bridgehead atoms. The molecule has 0 heterocycles. The molecule has 106 valence electrons.